The molecule has 0 aromatic heterocycles. The standard InChI is InChI=1S/C62H64O8S2/c1-71(67,68)53-13-9-49(10-14-53)59-27-37-17-38(28-59)32-61(31-37,35-59)51-23-45-20-43-7-3-5-41(55(43)63)19-42-6-4-8-44(56(42)64)21-46-24-52(26-48(58(46)66)22-47(25-51)57(45)65)62-33-39-18-40(34-62)30-60(29-39,36-62)50-11-15-54(16-12-50)72(2,69)70/h3-16,23-26,37-40,63-66H,17-22,27-36H2,1-2H3/t37-,38+,39-,40+,59?,60?,61?,62?. The molecule has 6 aromatic carbocycles. The Morgan fingerprint density at radius 2 is 0.611 bits per heavy atom. The summed E-state index contributed by atoms with van der Waals surface area (Å²) < 4.78 is 50.2. The SMILES string of the molecule is CS(=O)(=O)c1ccc(C23C[C@H]4C[C@@H](C2)CC(c2cc5c(O)c(c2)Cc2cc(C67C[C@@H]8C[C@@H](CC(c9ccc(S(C)(=O)=O)cc9)(C8)C6)C7)cc(c2O)Cc2cccc(c2O)Cc2cccc(c2O)C5)(C4)C3)cc1. The molecule has 6 aromatic rings. The van der Waals surface area contributed by atoms with Gasteiger partial charge in [0.2, 0.25) is 0 Å². The van der Waals surface area contributed by atoms with E-state index in [4.69, 9.17) is 0 Å². The maximum atomic E-state index is 12.7. The number of benzene rings is 6. The second-order valence-electron chi connectivity index (χ2n) is 24.5. The van der Waals surface area contributed by atoms with Crippen LogP contribution in [0.3, 0.4) is 0 Å². The summed E-state index contributed by atoms with van der Waals surface area (Å²) in [5.74, 6) is 2.67. The number of phenols is 4. The Morgan fingerprint density at radius 3 is 0.903 bits per heavy atom. The lowest BCUT2D eigenvalue weighted by Crippen LogP contribution is -2.56. The normalized spacial score (nSPS) is 30.1. The van der Waals surface area contributed by atoms with Gasteiger partial charge in [0.05, 0.1) is 9.79 Å². The van der Waals surface area contributed by atoms with Crippen LogP contribution in [-0.4, -0.2) is 49.8 Å². The predicted molar refractivity (Wildman–Crippen MR) is 279 cm³/mol. The summed E-state index contributed by atoms with van der Waals surface area (Å²) in [4.78, 5) is 0.669. The Labute approximate surface area is 424 Å². The van der Waals surface area contributed by atoms with Gasteiger partial charge in [-0.25, -0.2) is 16.8 Å². The van der Waals surface area contributed by atoms with E-state index >= 15 is 0 Å². The molecule has 372 valence electrons. The quantitative estimate of drug-likeness (QED) is 0.129. The van der Waals surface area contributed by atoms with Crippen molar-refractivity contribution >= 4 is 19.7 Å². The number of hydrogen-bond acceptors (Lipinski definition) is 8. The van der Waals surface area contributed by atoms with Crippen molar-refractivity contribution in [1.29, 1.82) is 0 Å². The lowest BCUT2D eigenvalue weighted by atomic mass is 9.41. The number of sulfone groups is 2. The zero-order valence-electron chi connectivity index (χ0n) is 41.3. The smallest absolute Gasteiger partial charge is 0.175 e. The molecule has 72 heavy (non-hydrogen) atoms. The third kappa shape index (κ3) is 7.46. The number of hydrogen-bond donors (Lipinski definition) is 4. The topological polar surface area (TPSA) is 149 Å². The molecule has 0 heterocycles. The molecule has 16 bridgehead atoms. The van der Waals surface area contributed by atoms with Crippen molar-refractivity contribution in [3.8, 4) is 23.0 Å². The van der Waals surface area contributed by atoms with E-state index in [0.717, 1.165) is 86.5 Å². The van der Waals surface area contributed by atoms with Gasteiger partial charge in [0.25, 0.3) is 0 Å². The van der Waals surface area contributed by atoms with Crippen LogP contribution in [0.25, 0.3) is 0 Å². The molecule has 0 spiro atoms. The molecule has 8 fully saturated rings. The Bertz CT molecular complexity index is 3210. The highest BCUT2D eigenvalue weighted by Crippen LogP contribution is 2.68. The molecule has 0 radical (unpaired) electrons. The summed E-state index contributed by atoms with van der Waals surface area (Å²) in [6.45, 7) is 0. The molecule has 8 saturated carbocycles. The lowest BCUT2D eigenvalue weighted by molar-refractivity contribution is -0.0283. The van der Waals surface area contributed by atoms with Gasteiger partial charge in [-0.15, -0.1) is 0 Å². The van der Waals surface area contributed by atoms with Crippen molar-refractivity contribution in [3.05, 3.63) is 176 Å². The Hall–Kier alpha value is -5.58. The van der Waals surface area contributed by atoms with Gasteiger partial charge in [0, 0.05) is 38.2 Å². The van der Waals surface area contributed by atoms with Crippen molar-refractivity contribution in [3.63, 3.8) is 0 Å². The Morgan fingerprint density at radius 1 is 0.361 bits per heavy atom. The summed E-state index contributed by atoms with van der Waals surface area (Å²) in [6.07, 6.45) is 16.3. The Kier molecular flexibility index (Phi) is 10.2. The number of para-hydroxylation sites is 2. The van der Waals surface area contributed by atoms with E-state index in [-0.39, 0.29) is 63.9 Å². The molecule has 4 N–H and O–H groups in total. The maximum Gasteiger partial charge on any atom is 0.175 e. The minimum Gasteiger partial charge on any atom is -0.507 e. The third-order valence-electron chi connectivity index (χ3n) is 19.6. The molecule has 15 rings (SSSR count). The molecular formula is C62H64O8S2. The van der Waals surface area contributed by atoms with Gasteiger partial charge < -0.3 is 20.4 Å². The Balaban J connectivity index is 0.966. The van der Waals surface area contributed by atoms with Crippen LogP contribution in [0.4, 0.5) is 0 Å². The van der Waals surface area contributed by atoms with Gasteiger partial charge in [-0.3, -0.25) is 0 Å². The summed E-state index contributed by atoms with van der Waals surface area (Å²) >= 11 is 0. The predicted octanol–water partition coefficient (Wildman–Crippen LogP) is 11.6. The van der Waals surface area contributed by atoms with Gasteiger partial charge in [0.15, 0.2) is 19.7 Å². The number of aromatic hydroxyl groups is 4. The first kappa shape index (κ1) is 46.2. The third-order valence-corrected chi connectivity index (χ3v) is 21.9. The average molecular weight is 1000 g/mol. The van der Waals surface area contributed by atoms with E-state index in [1.165, 1.54) is 47.6 Å². The van der Waals surface area contributed by atoms with Crippen LogP contribution >= 0.6 is 0 Å². The number of fused-ring (bicyclic) bond motifs is 8. The van der Waals surface area contributed by atoms with Crippen LogP contribution in [0, 0.1) is 23.7 Å². The summed E-state index contributed by atoms with van der Waals surface area (Å²) in [6, 6.07) is 35.7. The second-order valence-corrected chi connectivity index (χ2v) is 28.5. The van der Waals surface area contributed by atoms with Gasteiger partial charge >= 0.3 is 0 Å². The number of phenolic OH excluding ortho intramolecular Hbond substituents is 4. The van der Waals surface area contributed by atoms with Crippen molar-refractivity contribution in [2.24, 2.45) is 23.7 Å². The van der Waals surface area contributed by atoms with Crippen molar-refractivity contribution in [2.45, 2.75) is 134 Å². The first-order chi connectivity index (χ1) is 34.3. The fourth-order valence-corrected chi connectivity index (χ4v) is 18.6. The summed E-state index contributed by atoms with van der Waals surface area (Å²) in [5, 5.41) is 49.4. The monoisotopic (exact) mass is 1000 g/mol. The van der Waals surface area contributed by atoms with E-state index in [2.05, 4.69) is 48.5 Å². The highest BCUT2D eigenvalue weighted by atomic mass is 32.2. The first-order valence-electron chi connectivity index (χ1n) is 26.2. The van der Waals surface area contributed by atoms with Gasteiger partial charge in [-0.1, -0.05) is 84.9 Å². The summed E-state index contributed by atoms with van der Waals surface area (Å²) in [7, 11) is -6.69. The molecule has 9 aliphatic rings. The lowest BCUT2D eigenvalue weighted by Gasteiger charge is -2.63. The van der Waals surface area contributed by atoms with E-state index in [1.54, 1.807) is 24.3 Å². The maximum absolute atomic E-state index is 12.7. The molecule has 10 heteroatoms. The van der Waals surface area contributed by atoms with Gasteiger partial charge in [-0.2, -0.15) is 0 Å². The van der Waals surface area contributed by atoms with Crippen LogP contribution in [0.15, 0.2) is 119 Å². The van der Waals surface area contributed by atoms with Gasteiger partial charge in [0.1, 0.15) is 23.0 Å². The highest BCUT2D eigenvalue weighted by molar-refractivity contribution is 7.91. The van der Waals surface area contributed by atoms with Crippen molar-refractivity contribution < 1.29 is 37.3 Å². The van der Waals surface area contributed by atoms with Crippen LogP contribution in [-0.2, 0) is 67.0 Å². The largest absolute Gasteiger partial charge is 0.507 e. The first-order valence-corrected chi connectivity index (χ1v) is 30.0. The van der Waals surface area contributed by atoms with Crippen LogP contribution < -0.4 is 0 Å². The molecule has 8 nitrogen and oxygen atoms in total. The molecule has 8 atom stereocenters. The highest BCUT2D eigenvalue weighted by Gasteiger charge is 2.60. The molecule has 4 unspecified atom stereocenters. The minimum absolute atomic E-state index is 0.105. The molecule has 9 aliphatic carbocycles. The molecule has 0 aliphatic heterocycles. The van der Waals surface area contributed by atoms with E-state index in [0.29, 0.717) is 62.1 Å². The van der Waals surface area contributed by atoms with E-state index in [1.807, 2.05) is 36.4 Å². The molecular weight excluding hydrogens is 937 g/mol. The zero-order chi connectivity index (χ0) is 49.7. The molecule has 0 amide bonds. The van der Waals surface area contributed by atoms with E-state index in [9.17, 15) is 37.3 Å². The fourth-order valence-electron chi connectivity index (χ4n) is 17.3. The minimum atomic E-state index is -3.35. The van der Waals surface area contributed by atoms with Crippen LogP contribution in [0.2, 0.25) is 0 Å². The summed E-state index contributed by atoms with van der Waals surface area (Å²) in [5.41, 5.74) is 9.89. The molecule has 0 saturated heterocycles. The van der Waals surface area contributed by atoms with Crippen molar-refractivity contribution in [1.82, 2.24) is 0 Å². The van der Waals surface area contributed by atoms with Crippen LogP contribution in [0.5, 0.6) is 23.0 Å². The van der Waals surface area contributed by atoms with E-state index < -0.39 is 19.7 Å². The fraction of sp³-hybridized carbons (Fsp3) is 0.419. The number of rotatable bonds is 6. The average Bonchev–Trinajstić information content (AvgIpc) is 3.32. The van der Waals surface area contributed by atoms with Crippen LogP contribution in [0.1, 0.15) is 144 Å². The van der Waals surface area contributed by atoms with Crippen molar-refractivity contribution in [2.75, 3.05) is 12.5 Å². The second kappa shape index (κ2) is 16.0. The van der Waals surface area contributed by atoms with Gasteiger partial charge in [-0.05, 0) is 213 Å². The zero-order valence-corrected chi connectivity index (χ0v) is 42.9.